The Labute approximate surface area is 191 Å². The fourth-order valence-corrected chi connectivity index (χ4v) is 5.67. The second-order valence-electron chi connectivity index (χ2n) is 7.71. The van der Waals surface area contributed by atoms with Crippen molar-refractivity contribution in [3.8, 4) is 11.5 Å². The number of carbonyl (C=O) groups is 1. The van der Waals surface area contributed by atoms with E-state index in [0.717, 1.165) is 41.2 Å². The first kappa shape index (κ1) is 24.1. The van der Waals surface area contributed by atoms with E-state index in [-0.39, 0.29) is 10.8 Å². The average Bonchev–Trinajstić information content (AvgIpc) is 2.82. The number of amides is 1. The van der Waals surface area contributed by atoms with Crippen molar-refractivity contribution < 1.29 is 22.7 Å². The molecule has 1 aliphatic heterocycles. The van der Waals surface area contributed by atoms with Crippen molar-refractivity contribution in [1.29, 1.82) is 0 Å². The lowest BCUT2D eigenvalue weighted by atomic mass is 10.0. The number of fused-ring (bicyclic) bond motifs is 1. The SMILES string of the molecule is CCN(CC)S(=O)(=O)c1ccc2c(c1)CCCN2C(=O)CCc1cc(OC)ccc1OC. The molecule has 1 amide bonds. The summed E-state index contributed by atoms with van der Waals surface area (Å²) in [4.78, 5) is 15.2. The zero-order valence-electron chi connectivity index (χ0n) is 19.3. The molecular formula is C24H32N2O5S. The van der Waals surface area contributed by atoms with Gasteiger partial charge in [-0.2, -0.15) is 4.31 Å². The third-order valence-electron chi connectivity index (χ3n) is 5.91. The van der Waals surface area contributed by atoms with Crippen LogP contribution in [0.1, 0.15) is 37.8 Å². The van der Waals surface area contributed by atoms with Crippen LogP contribution in [0, 0.1) is 0 Å². The molecule has 1 heterocycles. The summed E-state index contributed by atoms with van der Waals surface area (Å²) in [6, 6.07) is 10.7. The van der Waals surface area contributed by atoms with Gasteiger partial charge in [-0.15, -0.1) is 0 Å². The molecule has 0 spiro atoms. The van der Waals surface area contributed by atoms with Crippen molar-refractivity contribution in [2.45, 2.75) is 44.4 Å². The lowest BCUT2D eigenvalue weighted by Crippen LogP contribution is -2.36. The molecule has 2 aromatic carbocycles. The van der Waals surface area contributed by atoms with Crippen molar-refractivity contribution >= 4 is 21.6 Å². The number of anilines is 1. The number of ether oxygens (including phenoxy) is 2. The molecule has 8 heteroatoms. The predicted octanol–water partition coefficient (Wildman–Crippen LogP) is 3.65. The number of carbonyl (C=O) groups excluding carboxylic acids is 1. The van der Waals surface area contributed by atoms with Crippen LogP contribution in [0.4, 0.5) is 5.69 Å². The Morgan fingerprint density at radius 2 is 1.81 bits per heavy atom. The van der Waals surface area contributed by atoms with Crippen LogP contribution in [0.5, 0.6) is 11.5 Å². The Bertz CT molecular complexity index is 1060. The molecule has 3 rings (SSSR count). The Balaban J connectivity index is 1.80. The van der Waals surface area contributed by atoms with E-state index in [4.69, 9.17) is 9.47 Å². The molecule has 2 aromatic rings. The van der Waals surface area contributed by atoms with Crippen molar-refractivity contribution in [1.82, 2.24) is 4.31 Å². The highest BCUT2D eigenvalue weighted by Crippen LogP contribution is 2.32. The first-order chi connectivity index (χ1) is 15.3. The van der Waals surface area contributed by atoms with E-state index in [0.29, 0.717) is 32.5 Å². The van der Waals surface area contributed by atoms with Gasteiger partial charge in [0.25, 0.3) is 0 Å². The minimum Gasteiger partial charge on any atom is -0.497 e. The highest BCUT2D eigenvalue weighted by molar-refractivity contribution is 7.89. The highest BCUT2D eigenvalue weighted by atomic mass is 32.2. The molecule has 0 saturated carbocycles. The van der Waals surface area contributed by atoms with Gasteiger partial charge >= 0.3 is 0 Å². The largest absolute Gasteiger partial charge is 0.497 e. The van der Waals surface area contributed by atoms with Crippen LogP contribution >= 0.6 is 0 Å². The number of methoxy groups -OCH3 is 2. The number of nitrogens with zero attached hydrogens (tertiary/aromatic N) is 2. The molecule has 0 aliphatic carbocycles. The van der Waals surface area contributed by atoms with Gasteiger partial charge in [-0.05, 0) is 66.8 Å². The fourth-order valence-electron chi connectivity index (χ4n) is 4.16. The van der Waals surface area contributed by atoms with Gasteiger partial charge in [0.15, 0.2) is 0 Å². The molecule has 0 unspecified atom stereocenters. The minimum absolute atomic E-state index is 0.00942. The molecule has 174 valence electrons. The van der Waals surface area contributed by atoms with Gasteiger partial charge in [0.1, 0.15) is 11.5 Å². The number of benzene rings is 2. The summed E-state index contributed by atoms with van der Waals surface area (Å²) >= 11 is 0. The van der Waals surface area contributed by atoms with Crippen LogP contribution in [0.2, 0.25) is 0 Å². The van der Waals surface area contributed by atoms with Gasteiger partial charge in [-0.25, -0.2) is 8.42 Å². The molecule has 0 radical (unpaired) electrons. The van der Waals surface area contributed by atoms with Crippen molar-refractivity contribution in [3.63, 3.8) is 0 Å². The zero-order chi connectivity index (χ0) is 23.3. The Morgan fingerprint density at radius 3 is 2.47 bits per heavy atom. The molecular weight excluding hydrogens is 428 g/mol. The van der Waals surface area contributed by atoms with Crippen molar-refractivity contribution in [2.75, 3.05) is 38.8 Å². The maximum absolute atomic E-state index is 13.1. The van der Waals surface area contributed by atoms with Crippen molar-refractivity contribution in [2.24, 2.45) is 0 Å². The van der Waals surface area contributed by atoms with E-state index in [1.54, 1.807) is 37.3 Å². The van der Waals surface area contributed by atoms with Gasteiger partial charge in [0.05, 0.1) is 19.1 Å². The standard InChI is InChI=1S/C24H32N2O5S/c1-5-25(6-2)32(28,29)21-11-12-22-18(17-21)8-7-15-26(22)24(27)14-9-19-16-20(30-3)10-13-23(19)31-4/h10-13,16-17H,5-9,14-15H2,1-4H3. The molecule has 7 nitrogen and oxygen atoms in total. The molecule has 0 N–H and O–H groups in total. The lowest BCUT2D eigenvalue weighted by molar-refractivity contribution is -0.118. The summed E-state index contributed by atoms with van der Waals surface area (Å²) in [6.07, 6.45) is 2.41. The van der Waals surface area contributed by atoms with Crippen molar-refractivity contribution in [3.05, 3.63) is 47.5 Å². The van der Waals surface area contributed by atoms with E-state index >= 15 is 0 Å². The van der Waals surface area contributed by atoms with E-state index < -0.39 is 10.0 Å². The fraction of sp³-hybridized carbons (Fsp3) is 0.458. The van der Waals surface area contributed by atoms with Gasteiger partial charge < -0.3 is 14.4 Å². The smallest absolute Gasteiger partial charge is 0.243 e. The number of rotatable bonds is 9. The van der Waals surface area contributed by atoms with E-state index in [1.807, 2.05) is 32.0 Å². The summed E-state index contributed by atoms with van der Waals surface area (Å²) in [5.41, 5.74) is 2.62. The number of hydrogen-bond donors (Lipinski definition) is 0. The number of sulfonamides is 1. The van der Waals surface area contributed by atoms with Gasteiger partial charge in [-0.3, -0.25) is 4.79 Å². The van der Waals surface area contributed by atoms with Crippen LogP contribution in [0.3, 0.4) is 0 Å². The third-order valence-corrected chi connectivity index (χ3v) is 7.96. The third kappa shape index (κ3) is 4.91. The maximum atomic E-state index is 13.1. The highest BCUT2D eigenvalue weighted by Gasteiger charge is 2.27. The zero-order valence-corrected chi connectivity index (χ0v) is 20.1. The van der Waals surface area contributed by atoms with Crippen LogP contribution in [0.15, 0.2) is 41.3 Å². The van der Waals surface area contributed by atoms with E-state index in [2.05, 4.69) is 0 Å². The maximum Gasteiger partial charge on any atom is 0.243 e. The average molecular weight is 461 g/mol. The van der Waals surface area contributed by atoms with Crippen LogP contribution in [-0.2, 0) is 27.7 Å². The van der Waals surface area contributed by atoms with E-state index in [1.165, 1.54) is 4.31 Å². The number of hydrogen-bond acceptors (Lipinski definition) is 5. The molecule has 0 bridgehead atoms. The molecule has 0 fully saturated rings. The van der Waals surface area contributed by atoms with Gasteiger partial charge in [0.2, 0.25) is 15.9 Å². The first-order valence-corrected chi connectivity index (χ1v) is 12.4. The Morgan fingerprint density at radius 1 is 1.06 bits per heavy atom. The first-order valence-electron chi connectivity index (χ1n) is 11.0. The minimum atomic E-state index is -3.53. The van der Waals surface area contributed by atoms with Crippen LogP contribution < -0.4 is 14.4 Å². The molecule has 1 aliphatic rings. The van der Waals surface area contributed by atoms with Gasteiger partial charge in [0, 0.05) is 31.7 Å². The molecule has 0 aromatic heterocycles. The monoisotopic (exact) mass is 460 g/mol. The summed E-state index contributed by atoms with van der Waals surface area (Å²) < 4.78 is 37.9. The normalized spacial score (nSPS) is 13.7. The summed E-state index contributed by atoms with van der Waals surface area (Å²) in [5.74, 6) is 1.46. The van der Waals surface area contributed by atoms with Crippen LogP contribution in [0.25, 0.3) is 0 Å². The second kappa shape index (κ2) is 10.4. The number of aryl methyl sites for hydroxylation is 2. The summed E-state index contributed by atoms with van der Waals surface area (Å²) in [6.45, 7) is 5.14. The summed E-state index contributed by atoms with van der Waals surface area (Å²) in [7, 11) is -0.313. The van der Waals surface area contributed by atoms with Gasteiger partial charge in [-0.1, -0.05) is 13.8 Å². The molecule has 32 heavy (non-hydrogen) atoms. The lowest BCUT2D eigenvalue weighted by Gasteiger charge is -2.30. The van der Waals surface area contributed by atoms with E-state index in [9.17, 15) is 13.2 Å². The predicted molar refractivity (Wildman–Crippen MR) is 125 cm³/mol. The molecule has 0 saturated heterocycles. The van der Waals surface area contributed by atoms with Crippen LogP contribution in [-0.4, -0.2) is 52.5 Å². The topological polar surface area (TPSA) is 76.2 Å². The summed E-state index contributed by atoms with van der Waals surface area (Å²) in [5, 5.41) is 0. The second-order valence-corrected chi connectivity index (χ2v) is 9.64. The Hall–Kier alpha value is -2.58. The molecule has 0 atom stereocenters. The quantitative estimate of drug-likeness (QED) is 0.571. The Kier molecular flexibility index (Phi) is 7.79.